The van der Waals surface area contributed by atoms with Crippen molar-refractivity contribution in [3.63, 3.8) is 0 Å². The summed E-state index contributed by atoms with van der Waals surface area (Å²) in [4.78, 5) is 30.0. The van der Waals surface area contributed by atoms with Gasteiger partial charge in [-0.1, -0.05) is 30.3 Å². The molecular formula is C28H31N3O4. The van der Waals surface area contributed by atoms with Crippen molar-refractivity contribution in [2.45, 2.75) is 13.5 Å². The van der Waals surface area contributed by atoms with Crippen LogP contribution in [-0.4, -0.2) is 56.7 Å². The Bertz CT molecular complexity index is 1140. The number of amides is 1. The van der Waals surface area contributed by atoms with E-state index in [2.05, 4.69) is 39.4 Å². The van der Waals surface area contributed by atoms with Gasteiger partial charge in [0.2, 0.25) is 0 Å². The Hall–Kier alpha value is -3.84. The van der Waals surface area contributed by atoms with Crippen LogP contribution in [0.5, 0.6) is 5.75 Å². The van der Waals surface area contributed by atoms with Gasteiger partial charge in [0.15, 0.2) is 0 Å². The highest BCUT2D eigenvalue weighted by atomic mass is 16.5. The van der Waals surface area contributed by atoms with Gasteiger partial charge in [-0.3, -0.25) is 9.69 Å². The van der Waals surface area contributed by atoms with Crippen molar-refractivity contribution in [3.05, 3.63) is 89.5 Å². The lowest BCUT2D eigenvalue weighted by Gasteiger charge is -2.37. The van der Waals surface area contributed by atoms with Gasteiger partial charge >= 0.3 is 5.97 Å². The maximum atomic E-state index is 13.0. The van der Waals surface area contributed by atoms with E-state index in [9.17, 15) is 9.59 Å². The van der Waals surface area contributed by atoms with Gasteiger partial charge in [0.1, 0.15) is 5.75 Å². The number of carbonyl (C=O) groups is 2. The van der Waals surface area contributed by atoms with Gasteiger partial charge in [-0.05, 0) is 55.0 Å². The van der Waals surface area contributed by atoms with E-state index in [-0.39, 0.29) is 12.5 Å². The minimum absolute atomic E-state index is 0.252. The lowest BCUT2D eigenvalue weighted by atomic mass is 10.1. The monoisotopic (exact) mass is 473 g/mol. The maximum Gasteiger partial charge on any atom is 0.338 e. The molecule has 0 unspecified atom stereocenters. The number of ether oxygens (including phenoxy) is 2. The molecule has 7 heteroatoms. The number of hydrogen-bond acceptors (Lipinski definition) is 6. The second-order valence-corrected chi connectivity index (χ2v) is 8.38. The Balaban J connectivity index is 1.51. The Morgan fingerprint density at radius 3 is 2.23 bits per heavy atom. The third kappa shape index (κ3) is 6.19. The molecule has 182 valence electrons. The first-order valence-corrected chi connectivity index (χ1v) is 11.8. The SMILES string of the molecule is CCOC(=O)c1ccc(N2CCN(Cc3ccccc3)CC2)c(NC(=O)c2ccc(OC)cc2)c1. The van der Waals surface area contributed by atoms with Crippen LogP contribution in [0.4, 0.5) is 11.4 Å². The molecule has 1 fully saturated rings. The summed E-state index contributed by atoms with van der Waals surface area (Å²) in [6, 6.07) is 22.7. The summed E-state index contributed by atoms with van der Waals surface area (Å²) in [5, 5.41) is 3.01. The molecule has 1 N–H and O–H groups in total. The molecule has 7 nitrogen and oxygen atoms in total. The quantitative estimate of drug-likeness (QED) is 0.488. The van der Waals surface area contributed by atoms with Gasteiger partial charge in [0.05, 0.1) is 30.7 Å². The molecule has 0 radical (unpaired) electrons. The minimum atomic E-state index is -0.410. The zero-order chi connectivity index (χ0) is 24.6. The molecule has 1 saturated heterocycles. The molecule has 0 bridgehead atoms. The van der Waals surface area contributed by atoms with Gasteiger partial charge in [-0.25, -0.2) is 4.79 Å². The van der Waals surface area contributed by atoms with Crippen molar-refractivity contribution in [2.75, 3.05) is 50.1 Å². The van der Waals surface area contributed by atoms with Gasteiger partial charge < -0.3 is 19.7 Å². The number of methoxy groups -OCH3 is 1. The van der Waals surface area contributed by atoms with Crippen LogP contribution < -0.4 is 15.0 Å². The molecule has 0 aliphatic carbocycles. The van der Waals surface area contributed by atoms with Crippen LogP contribution in [-0.2, 0) is 11.3 Å². The molecule has 1 amide bonds. The van der Waals surface area contributed by atoms with Crippen LogP contribution in [0, 0.1) is 0 Å². The molecule has 4 rings (SSSR count). The Labute approximate surface area is 206 Å². The van der Waals surface area contributed by atoms with Crippen LogP contribution in [0.3, 0.4) is 0 Å². The van der Waals surface area contributed by atoms with Crippen molar-refractivity contribution in [3.8, 4) is 5.75 Å². The topological polar surface area (TPSA) is 71.1 Å². The normalized spacial score (nSPS) is 13.8. The number of piperazine rings is 1. The number of anilines is 2. The standard InChI is InChI=1S/C28H31N3O4/c1-3-35-28(33)23-11-14-26(25(19-23)29-27(32)22-9-12-24(34-2)13-10-22)31-17-15-30(16-18-31)20-21-7-5-4-6-8-21/h4-14,19H,3,15-18,20H2,1-2H3,(H,29,32). The van der Waals surface area contributed by atoms with E-state index >= 15 is 0 Å². The van der Waals surface area contributed by atoms with E-state index in [1.165, 1.54) is 5.56 Å². The first kappa shape index (κ1) is 24.3. The Kier molecular flexibility index (Phi) is 8.00. The van der Waals surface area contributed by atoms with Gasteiger partial charge in [0.25, 0.3) is 5.91 Å². The molecule has 35 heavy (non-hydrogen) atoms. The fourth-order valence-electron chi connectivity index (χ4n) is 4.18. The van der Waals surface area contributed by atoms with Crippen LogP contribution >= 0.6 is 0 Å². The summed E-state index contributed by atoms with van der Waals surface area (Å²) in [5.41, 5.74) is 3.69. The third-order valence-corrected chi connectivity index (χ3v) is 6.07. The summed E-state index contributed by atoms with van der Waals surface area (Å²) in [6.45, 7) is 6.41. The second kappa shape index (κ2) is 11.5. The number of nitrogens with one attached hydrogen (secondary N) is 1. The predicted octanol–water partition coefficient (Wildman–Crippen LogP) is 4.45. The van der Waals surface area contributed by atoms with Crippen LogP contribution in [0.1, 0.15) is 33.2 Å². The third-order valence-electron chi connectivity index (χ3n) is 6.07. The van der Waals surface area contributed by atoms with E-state index in [0.717, 1.165) is 38.4 Å². The highest BCUT2D eigenvalue weighted by Gasteiger charge is 2.22. The minimum Gasteiger partial charge on any atom is -0.497 e. The van der Waals surface area contributed by atoms with Crippen LogP contribution in [0.15, 0.2) is 72.8 Å². The summed E-state index contributed by atoms with van der Waals surface area (Å²) >= 11 is 0. The number of benzene rings is 3. The zero-order valence-electron chi connectivity index (χ0n) is 20.2. The molecule has 3 aromatic carbocycles. The van der Waals surface area contributed by atoms with Crippen LogP contribution in [0.2, 0.25) is 0 Å². The van der Waals surface area contributed by atoms with E-state index in [1.54, 1.807) is 50.4 Å². The second-order valence-electron chi connectivity index (χ2n) is 8.38. The molecule has 0 aromatic heterocycles. The maximum absolute atomic E-state index is 13.0. The Morgan fingerprint density at radius 2 is 1.57 bits per heavy atom. The lowest BCUT2D eigenvalue weighted by molar-refractivity contribution is 0.0526. The first-order valence-electron chi connectivity index (χ1n) is 11.8. The average Bonchev–Trinajstić information content (AvgIpc) is 2.90. The smallest absolute Gasteiger partial charge is 0.338 e. The van der Waals surface area contributed by atoms with Crippen molar-refractivity contribution in [1.29, 1.82) is 0 Å². The van der Waals surface area contributed by atoms with Crippen LogP contribution in [0.25, 0.3) is 0 Å². The van der Waals surface area contributed by atoms with Gasteiger partial charge in [0, 0.05) is 38.3 Å². The highest BCUT2D eigenvalue weighted by molar-refractivity contribution is 6.07. The number of carbonyl (C=O) groups excluding carboxylic acids is 2. The van der Waals surface area contributed by atoms with Crippen molar-refractivity contribution in [2.24, 2.45) is 0 Å². The summed E-state index contributed by atoms with van der Waals surface area (Å²) in [5.74, 6) is 0.0178. The molecule has 1 aliphatic rings. The Morgan fingerprint density at radius 1 is 0.886 bits per heavy atom. The average molecular weight is 474 g/mol. The van der Waals surface area contributed by atoms with Crippen molar-refractivity contribution >= 4 is 23.3 Å². The molecule has 0 atom stereocenters. The fourth-order valence-corrected chi connectivity index (χ4v) is 4.18. The molecule has 1 heterocycles. The number of nitrogens with zero attached hydrogens (tertiary/aromatic N) is 2. The van der Waals surface area contributed by atoms with Crippen molar-refractivity contribution < 1.29 is 19.1 Å². The van der Waals surface area contributed by atoms with Crippen molar-refractivity contribution in [1.82, 2.24) is 4.90 Å². The summed E-state index contributed by atoms with van der Waals surface area (Å²) in [6.07, 6.45) is 0. The van der Waals surface area contributed by atoms with Gasteiger partial charge in [-0.2, -0.15) is 0 Å². The molecule has 1 aliphatic heterocycles. The number of hydrogen-bond donors (Lipinski definition) is 1. The van der Waals surface area contributed by atoms with E-state index in [0.29, 0.717) is 22.6 Å². The van der Waals surface area contributed by atoms with Gasteiger partial charge in [-0.15, -0.1) is 0 Å². The molecular weight excluding hydrogens is 442 g/mol. The van der Waals surface area contributed by atoms with E-state index in [1.807, 2.05) is 12.1 Å². The number of esters is 1. The molecule has 0 spiro atoms. The highest BCUT2D eigenvalue weighted by Crippen LogP contribution is 2.30. The number of rotatable bonds is 8. The first-order chi connectivity index (χ1) is 17.1. The fraction of sp³-hybridized carbons (Fsp3) is 0.286. The summed E-state index contributed by atoms with van der Waals surface area (Å²) in [7, 11) is 1.59. The zero-order valence-corrected chi connectivity index (χ0v) is 20.2. The molecule has 3 aromatic rings. The lowest BCUT2D eigenvalue weighted by Crippen LogP contribution is -2.46. The summed E-state index contributed by atoms with van der Waals surface area (Å²) < 4.78 is 10.4. The van der Waals surface area contributed by atoms with E-state index < -0.39 is 5.97 Å². The molecule has 0 saturated carbocycles. The largest absolute Gasteiger partial charge is 0.497 e. The van der Waals surface area contributed by atoms with E-state index in [4.69, 9.17) is 9.47 Å². The predicted molar refractivity (Wildman–Crippen MR) is 137 cm³/mol.